The molecule has 23 heavy (non-hydrogen) atoms. The molecule has 1 aromatic rings. The highest BCUT2D eigenvalue weighted by Gasteiger charge is 2.24. The Bertz CT molecular complexity index is 498. The minimum atomic E-state index is 0.0785. The number of hydrogen-bond donors (Lipinski definition) is 1. The van der Waals surface area contributed by atoms with Crippen molar-refractivity contribution in [3.8, 4) is 5.75 Å². The van der Waals surface area contributed by atoms with Crippen LogP contribution in [0.2, 0.25) is 0 Å². The van der Waals surface area contributed by atoms with Crippen LogP contribution in [0.15, 0.2) is 24.3 Å². The smallest absolute Gasteiger partial charge is 0.317 e. The fraction of sp³-hybridized carbons (Fsp3) is 0.632. The maximum absolute atomic E-state index is 12.6. The first-order valence-corrected chi connectivity index (χ1v) is 8.84. The van der Waals surface area contributed by atoms with Crippen LogP contribution in [0.3, 0.4) is 0 Å². The van der Waals surface area contributed by atoms with Gasteiger partial charge in [-0.25, -0.2) is 4.79 Å². The van der Waals surface area contributed by atoms with E-state index in [1.165, 1.54) is 24.8 Å². The maximum Gasteiger partial charge on any atom is 0.317 e. The van der Waals surface area contributed by atoms with Crippen molar-refractivity contribution in [2.45, 2.75) is 64.5 Å². The van der Waals surface area contributed by atoms with Crippen molar-refractivity contribution in [3.63, 3.8) is 0 Å². The van der Waals surface area contributed by atoms with E-state index in [1.54, 1.807) is 7.11 Å². The van der Waals surface area contributed by atoms with Gasteiger partial charge < -0.3 is 15.0 Å². The van der Waals surface area contributed by atoms with Crippen LogP contribution in [0.4, 0.5) is 4.79 Å². The van der Waals surface area contributed by atoms with Gasteiger partial charge in [-0.2, -0.15) is 0 Å². The van der Waals surface area contributed by atoms with Crippen molar-refractivity contribution < 1.29 is 9.53 Å². The van der Waals surface area contributed by atoms with Crippen LogP contribution < -0.4 is 10.1 Å². The van der Waals surface area contributed by atoms with Crippen LogP contribution >= 0.6 is 0 Å². The van der Waals surface area contributed by atoms with Crippen LogP contribution in [-0.4, -0.2) is 36.7 Å². The molecule has 0 radical (unpaired) electrons. The number of carbonyl (C=O) groups is 1. The van der Waals surface area contributed by atoms with Gasteiger partial charge in [-0.05, 0) is 50.8 Å². The predicted octanol–water partition coefficient (Wildman–Crippen LogP) is 3.99. The molecule has 0 saturated heterocycles. The highest BCUT2D eigenvalue weighted by molar-refractivity contribution is 5.74. The molecule has 0 spiro atoms. The Balaban J connectivity index is 1.89. The van der Waals surface area contributed by atoms with Gasteiger partial charge in [-0.1, -0.05) is 31.4 Å². The summed E-state index contributed by atoms with van der Waals surface area (Å²) in [5.41, 5.74) is 1.18. The summed E-state index contributed by atoms with van der Waals surface area (Å²) >= 11 is 0. The van der Waals surface area contributed by atoms with Crippen LogP contribution in [0.5, 0.6) is 5.75 Å². The van der Waals surface area contributed by atoms with E-state index in [2.05, 4.69) is 25.2 Å². The van der Waals surface area contributed by atoms with Crippen LogP contribution in [0.1, 0.15) is 51.5 Å². The van der Waals surface area contributed by atoms with Gasteiger partial charge in [-0.3, -0.25) is 0 Å². The van der Waals surface area contributed by atoms with E-state index in [9.17, 15) is 4.79 Å². The van der Waals surface area contributed by atoms with E-state index >= 15 is 0 Å². The fourth-order valence-electron chi connectivity index (χ4n) is 3.46. The summed E-state index contributed by atoms with van der Waals surface area (Å²) in [6, 6.07) is 8.63. The van der Waals surface area contributed by atoms with Gasteiger partial charge in [0.1, 0.15) is 5.75 Å². The Labute approximate surface area is 140 Å². The SMILES string of the molecule is CCN(C(=O)NC(C)Cc1cccc(OC)c1)C1CCCCC1. The van der Waals surface area contributed by atoms with Crippen molar-refractivity contribution in [2.24, 2.45) is 0 Å². The van der Waals surface area contributed by atoms with E-state index in [0.717, 1.165) is 31.6 Å². The summed E-state index contributed by atoms with van der Waals surface area (Å²) in [6.07, 6.45) is 6.89. The predicted molar refractivity (Wildman–Crippen MR) is 93.9 cm³/mol. The van der Waals surface area contributed by atoms with Crippen LogP contribution in [0.25, 0.3) is 0 Å². The lowest BCUT2D eigenvalue weighted by Gasteiger charge is -2.34. The van der Waals surface area contributed by atoms with Gasteiger partial charge in [0.25, 0.3) is 0 Å². The molecule has 1 atom stereocenters. The summed E-state index contributed by atoms with van der Waals surface area (Å²) in [4.78, 5) is 14.6. The molecule has 0 aliphatic heterocycles. The van der Waals surface area contributed by atoms with E-state index < -0.39 is 0 Å². The second-order valence-corrected chi connectivity index (χ2v) is 6.48. The zero-order valence-corrected chi connectivity index (χ0v) is 14.7. The van der Waals surface area contributed by atoms with Crippen LogP contribution in [0, 0.1) is 0 Å². The molecule has 1 aliphatic carbocycles. The Morgan fingerprint density at radius 1 is 1.35 bits per heavy atom. The zero-order valence-electron chi connectivity index (χ0n) is 14.7. The summed E-state index contributed by atoms with van der Waals surface area (Å²) in [7, 11) is 1.67. The average molecular weight is 318 g/mol. The lowest BCUT2D eigenvalue weighted by Crippen LogP contribution is -2.49. The number of amides is 2. The maximum atomic E-state index is 12.6. The lowest BCUT2D eigenvalue weighted by molar-refractivity contribution is 0.157. The summed E-state index contributed by atoms with van der Waals surface area (Å²) in [5.74, 6) is 0.860. The molecule has 1 aromatic carbocycles. The van der Waals surface area contributed by atoms with Gasteiger partial charge in [-0.15, -0.1) is 0 Å². The molecule has 1 aliphatic rings. The van der Waals surface area contributed by atoms with Gasteiger partial charge in [0.05, 0.1) is 7.11 Å². The normalized spacial score (nSPS) is 16.7. The second kappa shape index (κ2) is 8.80. The molecule has 2 rings (SSSR count). The third-order valence-electron chi connectivity index (χ3n) is 4.66. The second-order valence-electron chi connectivity index (χ2n) is 6.48. The first-order chi connectivity index (χ1) is 11.1. The monoisotopic (exact) mass is 318 g/mol. The van der Waals surface area contributed by atoms with E-state index in [1.807, 2.05) is 23.1 Å². The fourth-order valence-corrected chi connectivity index (χ4v) is 3.46. The van der Waals surface area contributed by atoms with E-state index in [0.29, 0.717) is 6.04 Å². The highest BCUT2D eigenvalue weighted by Crippen LogP contribution is 2.22. The molecule has 1 fully saturated rings. The van der Waals surface area contributed by atoms with E-state index in [4.69, 9.17) is 4.74 Å². The van der Waals surface area contributed by atoms with Crippen molar-refractivity contribution in [1.82, 2.24) is 10.2 Å². The molecule has 0 heterocycles. The Morgan fingerprint density at radius 3 is 2.74 bits per heavy atom. The van der Waals surface area contributed by atoms with Crippen molar-refractivity contribution in [2.75, 3.05) is 13.7 Å². The lowest BCUT2D eigenvalue weighted by atomic mass is 9.94. The summed E-state index contributed by atoms with van der Waals surface area (Å²) in [5, 5.41) is 3.16. The van der Waals surface area contributed by atoms with Gasteiger partial charge in [0.15, 0.2) is 0 Å². The largest absolute Gasteiger partial charge is 0.497 e. The molecule has 1 unspecified atom stereocenters. The van der Waals surface area contributed by atoms with Gasteiger partial charge in [0, 0.05) is 18.6 Å². The highest BCUT2D eigenvalue weighted by atomic mass is 16.5. The third kappa shape index (κ3) is 5.15. The van der Waals surface area contributed by atoms with Crippen molar-refractivity contribution in [1.29, 1.82) is 0 Å². The number of nitrogens with one attached hydrogen (secondary N) is 1. The van der Waals surface area contributed by atoms with E-state index in [-0.39, 0.29) is 12.1 Å². The molecule has 0 bridgehead atoms. The molecular weight excluding hydrogens is 288 g/mol. The number of ether oxygens (including phenoxy) is 1. The molecular formula is C19H30N2O2. The molecule has 128 valence electrons. The zero-order chi connectivity index (χ0) is 16.7. The minimum absolute atomic E-state index is 0.0785. The number of hydrogen-bond acceptors (Lipinski definition) is 2. The molecule has 1 saturated carbocycles. The first kappa shape index (κ1) is 17.6. The summed E-state index contributed by atoms with van der Waals surface area (Å²) in [6.45, 7) is 4.91. The minimum Gasteiger partial charge on any atom is -0.497 e. The molecule has 4 heteroatoms. The molecule has 0 aromatic heterocycles. The van der Waals surface area contributed by atoms with Crippen molar-refractivity contribution >= 4 is 6.03 Å². The van der Waals surface area contributed by atoms with Crippen LogP contribution in [-0.2, 0) is 6.42 Å². The quantitative estimate of drug-likeness (QED) is 0.861. The van der Waals surface area contributed by atoms with Crippen molar-refractivity contribution in [3.05, 3.63) is 29.8 Å². The topological polar surface area (TPSA) is 41.6 Å². The molecule has 4 nitrogen and oxygen atoms in total. The number of rotatable bonds is 6. The number of carbonyl (C=O) groups excluding carboxylic acids is 1. The number of nitrogens with zero attached hydrogens (tertiary/aromatic N) is 1. The number of methoxy groups -OCH3 is 1. The standard InChI is InChI=1S/C19H30N2O2/c1-4-21(17-10-6-5-7-11-17)19(22)20-15(2)13-16-9-8-12-18(14-16)23-3/h8-9,12,14-15,17H,4-7,10-11,13H2,1-3H3,(H,20,22). The first-order valence-electron chi connectivity index (χ1n) is 8.84. The van der Waals surface area contributed by atoms with Gasteiger partial charge >= 0.3 is 6.03 Å². The number of benzene rings is 1. The molecule has 2 amide bonds. The Hall–Kier alpha value is -1.71. The number of urea groups is 1. The average Bonchev–Trinajstić information content (AvgIpc) is 2.56. The Kier molecular flexibility index (Phi) is 6.75. The Morgan fingerprint density at radius 2 is 2.09 bits per heavy atom. The summed E-state index contributed by atoms with van der Waals surface area (Å²) < 4.78 is 5.26. The third-order valence-corrected chi connectivity index (χ3v) is 4.66. The van der Waals surface area contributed by atoms with Gasteiger partial charge in [0.2, 0.25) is 0 Å². The molecule has 1 N–H and O–H groups in total.